The lowest BCUT2D eigenvalue weighted by Gasteiger charge is -2.12. The Morgan fingerprint density at radius 2 is 1.75 bits per heavy atom. The van der Waals surface area contributed by atoms with Crippen LogP contribution in [0.15, 0.2) is 18.7 Å². The smallest absolute Gasteiger partial charge is 0.115 e. The predicted octanol–water partition coefficient (Wildman–Crippen LogP) is 2.63. The van der Waals surface area contributed by atoms with Crippen LogP contribution in [0, 0.1) is 5.92 Å². The fourth-order valence-corrected chi connectivity index (χ4v) is 1.41. The van der Waals surface area contributed by atoms with Gasteiger partial charge in [-0.05, 0) is 23.8 Å². The summed E-state index contributed by atoms with van der Waals surface area (Å²) in [5, 5.41) is 0. The van der Waals surface area contributed by atoms with E-state index in [-0.39, 0.29) is 0 Å². The monoisotopic (exact) mass is 164 g/mol. The van der Waals surface area contributed by atoms with E-state index in [1.165, 1.54) is 12.0 Å². The Morgan fingerprint density at radius 1 is 1.17 bits per heavy atom. The molecule has 0 saturated heterocycles. The van der Waals surface area contributed by atoms with Crippen LogP contribution in [-0.4, -0.2) is 9.97 Å². The van der Waals surface area contributed by atoms with Crippen LogP contribution < -0.4 is 0 Å². The van der Waals surface area contributed by atoms with Crippen molar-refractivity contribution in [2.45, 2.75) is 33.1 Å². The highest BCUT2D eigenvalue weighted by Gasteiger charge is 2.07. The van der Waals surface area contributed by atoms with E-state index in [2.05, 4.69) is 30.7 Å². The highest BCUT2D eigenvalue weighted by molar-refractivity contribution is 5.08. The Morgan fingerprint density at radius 3 is 2.25 bits per heavy atom. The van der Waals surface area contributed by atoms with Gasteiger partial charge >= 0.3 is 0 Å². The van der Waals surface area contributed by atoms with Gasteiger partial charge in [0.2, 0.25) is 0 Å². The Hall–Kier alpha value is -0.920. The Balaban J connectivity index is 2.59. The zero-order valence-electron chi connectivity index (χ0n) is 7.99. The quantitative estimate of drug-likeness (QED) is 0.686. The first-order valence-electron chi connectivity index (χ1n) is 4.45. The maximum Gasteiger partial charge on any atom is 0.115 e. The molecule has 0 N–H and O–H groups in total. The first-order chi connectivity index (χ1) is 5.70. The highest BCUT2D eigenvalue weighted by atomic mass is 14.8. The van der Waals surface area contributed by atoms with Crippen molar-refractivity contribution < 1.29 is 0 Å². The largest absolute Gasteiger partial charge is 0.245 e. The van der Waals surface area contributed by atoms with Crippen LogP contribution in [0.25, 0.3) is 0 Å². The van der Waals surface area contributed by atoms with Gasteiger partial charge in [-0.2, -0.15) is 0 Å². The molecule has 2 nitrogen and oxygen atoms in total. The molecule has 0 aromatic carbocycles. The summed E-state index contributed by atoms with van der Waals surface area (Å²) in [6.07, 6.45) is 6.58. The predicted molar refractivity (Wildman–Crippen MR) is 49.9 cm³/mol. The SMILES string of the molecule is CC(C)CC(C)c1cncnc1. The van der Waals surface area contributed by atoms with Crippen molar-refractivity contribution in [3.05, 3.63) is 24.3 Å². The molecule has 66 valence electrons. The first kappa shape index (κ1) is 9.17. The van der Waals surface area contributed by atoms with Gasteiger partial charge in [0, 0.05) is 12.4 Å². The summed E-state index contributed by atoms with van der Waals surface area (Å²) in [6.45, 7) is 6.69. The minimum Gasteiger partial charge on any atom is -0.245 e. The summed E-state index contributed by atoms with van der Waals surface area (Å²) in [7, 11) is 0. The van der Waals surface area contributed by atoms with Crippen molar-refractivity contribution in [3.8, 4) is 0 Å². The van der Waals surface area contributed by atoms with Crippen LogP contribution in [0.1, 0.15) is 38.7 Å². The average molecular weight is 164 g/mol. The minimum atomic E-state index is 0.575. The van der Waals surface area contributed by atoms with Crippen molar-refractivity contribution in [2.24, 2.45) is 5.92 Å². The van der Waals surface area contributed by atoms with E-state index in [0.717, 1.165) is 5.92 Å². The molecule has 2 heteroatoms. The lowest BCUT2D eigenvalue weighted by Crippen LogP contribution is -1.99. The lowest BCUT2D eigenvalue weighted by atomic mass is 9.94. The third-order valence-electron chi connectivity index (χ3n) is 1.97. The van der Waals surface area contributed by atoms with Gasteiger partial charge in [-0.25, -0.2) is 9.97 Å². The van der Waals surface area contributed by atoms with E-state index in [1.54, 1.807) is 6.33 Å². The van der Waals surface area contributed by atoms with Gasteiger partial charge in [0.25, 0.3) is 0 Å². The Kier molecular flexibility index (Phi) is 3.20. The molecule has 1 atom stereocenters. The molecule has 0 aliphatic carbocycles. The number of aromatic nitrogens is 2. The van der Waals surface area contributed by atoms with Gasteiger partial charge in [0.05, 0.1) is 0 Å². The second-order valence-electron chi connectivity index (χ2n) is 3.70. The molecule has 1 aromatic heterocycles. The van der Waals surface area contributed by atoms with Crippen LogP contribution in [0.2, 0.25) is 0 Å². The van der Waals surface area contributed by atoms with Gasteiger partial charge in [-0.15, -0.1) is 0 Å². The van der Waals surface area contributed by atoms with Crippen molar-refractivity contribution >= 4 is 0 Å². The molecule has 0 aliphatic rings. The molecule has 0 aliphatic heterocycles. The number of nitrogens with zero attached hydrogens (tertiary/aromatic N) is 2. The fourth-order valence-electron chi connectivity index (χ4n) is 1.41. The normalized spacial score (nSPS) is 13.3. The van der Waals surface area contributed by atoms with Gasteiger partial charge in [0.1, 0.15) is 6.33 Å². The molecule has 0 spiro atoms. The molecule has 0 amide bonds. The Bertz CT molecular complexity index is 219. The molecule has 0 radical (unpaired) electrons. The van der Waals surface area contributed by atoms with E-state index in [4.69, 9.17) is 0 Å². The van der Waals surface area contributed by atoms with E-state index in [0.29, 0.717) is 5.92 Å². The highest BCUT2D eigenvalue weighted by Crippen LogP contribution is 2.20. The topological polar surface area (TPSA) is 25.8 Å². The van der Waals surface area contributed by atoms with Crippen molar-refractivity contribution in [3.63, 3.8) is 0 Å². The second-order valence-corrected chi connectivity index (χ2v) is 3.70. The van der Waals surface area contributed by atoms with E-state index >= 15 is 0 Å². The van der Waals surface area contributed by atoms with Crippen molar-refractivity contribution in [1.29, 1.82) is 0 Å². The molecule has 12 heavy (non-hydrogen) atoms. The molecular formula is C10H16N2. The fraction of sp³-hybridized carbons (Fsp3) is 0.600. The zero-order chi connectivity index (χ0) is 8.97. The number of hydrogen-bond acceptors (Lipinski definition) is 2. The molecule has 1 aromatic rings. The number of rotatable bonds is 3. The standard InChI is InChI=1S/C10H16N2/c1-8(2)4-9(3)10-5-11-7-12-6-10/h5-9H,4H2,1-3H3. The molecule has 1 unspecified atom stereocenters. The summed E-state index contributed by atoms with van der Waals surface area (Å²) in [4.78, 5) is 8.00. The van der Waals surface area contributed by atoms with Crippen LogP contribution >= 0.6 is 0 Å². The summed E-state index contributed by atoms with van der Waals surface area (Å²) >= 11 is 0. The molecule has 0 fully saturated rings. The Labute approximate surface area is 74.1 Å². The van der Waals surface area contributed by atoms with Crippen LogP contribution in [0.5, 0.6) is 0 Å². The molecule has 0 saturated carbocycles. The maximum absolute atomic E-state index is 4.00. The van der Waals surface area contributed by atoms with E-state index < -0.39 is 0 Å². The molecular weight excluding hydrogens is 148 g/mol. The summed E-state index contributed by atoms with van der Waals surface area (Å²) in [6, 6.07) is 0. The van der Waals surface area contributed by atoms with Crippen molar-refractivity contribution in [1.82, 2.24) is 9.97 Å². The van der Waals surface area contributed by atoms with Gasteiger partial charge in [-0.1, -0.05) is 20.8 Å². The minimum absolute atomic E-state index is 0.575. The molecule has 1 heterocycles. The average Bonchev–Trinajstić information content (AvgIpc) is 2.05. The third kappa shape index (κ3) is 2.61. The zero-order valence-corrected chi connectivity index (χ0v) is 7.99. The van der Waals surface area contributed by atoms with Gasteiger partial charge in [-0.3, -0.25) is 0 Å². The van der Waals surface area contributed by atoms with Crippen molar-refractivity contribution in [2.75, 3.05) is 0 Å². The first-order valence-corrected chi connectivity index (χ1v) is 4.45. The number of hydrogen-bond donors (Lipinski definition) is 0. The van der Waals surface area contributed by atoms with Gasteiger partial charge in [0.15, 0.2) is 0 Å². The second kappa shape index (κ2) is 4.19. The van der Waals surface area contributed by atoms with Crippen LogP contribution in [0.4, 0.5) is 0 Å². The van der Waals surface area contributed by atoms with Crippen LogP contribution in [-0.2, 0) is 0 Å². The van der Waals surface area contributed by atoms with Gasteiger partial charge < -0.3 is 0 Å². The molecule has 0 bridgehead atoms. The van der Waals surface area contributed by atoms with E-state index in [1.807, 2.05) is 12.4 Å². The lowest BCUT2D eigenvalue weighted by molar-refractivity contribution is 0.522. The summed E-state index contributed by atoms with van der Waals surface area (Å²) in [5.41, 5.74) is 1.24. The van der Waals surface area contributed by atoms with E-state index in [9.17, 15) is 0 Å². The van der Waals surface area contributed by atoms with Crippen LogP contribution in [0.3, 0.4) is 0 Å². The molecule has 1 rings (SSSR count). The summed E-state index contributed by atoms with van der Waals surface area (Å²) in [5.74, 6) is 1.31. The summed E-state index contributed by atoms with van der Waals surface area (Å²) < 4.78 is 0. The third-order valence-corrected chi connectivity index (χ3v) is 1.97. The maximum atomic E-state index is 4.00.